The van der Waals surface area contributed by atoms with Crippen LogP contribution in [0.5, 0.6) is 0 Å². The van der Waals surface area contributed by atoms with Gasteiger partial charge in [0.1, 0.15) is 5.82 Å². The largest absolute Gasteiger partial charge is 0.368 e. The van der Waals surface area contributed by atoms with Crippen molar-refractivity contribution in [1.82, 2.24) is 0 Å². The van der Waals surface area contributed by atoms with Crippen LogP contribution in [0.25, 0.3) is 0 Å². The van der Waals surface area contributed by atoms with Gasteiger partial charge in [-0.1, -0.05) is 26.0 Å². The fourth-order valence-corrected chi connectivity index (χ4v) is 2.11. The Morgan fingerprint density at radius 2 is 2.06 bits per heavy atom. The van der Waals surface area contributed by atoms with Crippen LogP contribution in [-0.4, -0.2) is 19.1 Å². The first-order valence-corrected chi connectivity index (χ1v) is 5.76. The first-order chi connectivity index (χ1) is 7.50. The molecule has 0 aliphatic carbocycles. The molecular formula is C13H19FN2. The van der Waals surface area contributed by atoms with Crippen molar-refractivity contribution < 1.29 is 4.39 Å². The van der Waals surface area contributed by atoms with Gasteiger partial charge in [0.05, 0.1) is 5.69 Å². The van der Waals surface area contributed by atoms with Gasteiger partial charge in [-0.2, -0.15) is 0 Å². The van der Waals surface area contributed by atoms with Crippen LogP contribution < -0.4 is 10.6 Å². The van der Waals surface area contributed by atoms with E-state index in [2.05, 4.69) is 13.8 Å². The zero-order valence-electron chi connectivity index (χ0n) is 9.91. The highest BCUT2D eigenvalue weighted by atomic mass is 19.1. The van der Waals surface area contributed by atoms with Gasteiger partial charge in [0, 0.05) is 19.1 Å². The van der Waals surface area contributed by atoms with Crippen molar-refractivity contribution in [3.05, 3.63) is 30.1 Å². The fourth-order valence-electron chi connectivity index (χ4n) is 2.11. The number of anilines is 1. The van der Waals surface area contributed by atoms with E-state index in [0.29, 0.717) is 5.69 Å². The number of nitrogens with zero attached hydrogens (tertiary/aromatic N) is 1. The average Bonchev–Trinajstić information content (AvgIpc) is 2.23. The summed E-state index contributed by atoms with van der Waals surface area (Å²) in [7, 11) is 0. The summed E-state index contributed by atoms with van der Waals surface area (Å²) in [5.41, 5.74) is 6.96. The van der Waals surface area contributed by atoms with E-state index in [0.717, 1.165) is 19.5 Å². The van der Waals surface area contributed by atoms with Crippen LogP contribution in [0, 0.1) is 11.2 Å². The highest BCUT2D eigenvalue weighted by Crippen LogP contribution is 2.32. The second-order valence-corrected chi connectivity index (χ2v) is 5.24. The minimum Gasteiger partial charge on any atom is -0.368 e. The Labute approximate surface area is 96.2 Å². The molecule has 1 unspecified atom stereocenters. The van der Waals surface area contributed by atoms with Crippen molar-refractivity contribution >= 4 is 5.69 Å². The predicted molar refractivity (Wildman–Crippen MR) is 65.0 cm³/mol. The zero-order chi connectivity index (χ0) is 11.8. The summed E-state index contributed by atoms with van der Waals surface area (Å²) in [6.07, 6.45) is 1.00. The molecule has 1 atom stereocenters. The third-order valence-corrected chi connectivity index (χ3v) is 3.64. The number of para-hydroxylation sites is 1. The molecule has 2 nitrogen and oxygen atoms in total. The van der Waals surface area contributed by atoms with E-state index in [4.69, 9.17) is 5.73 Å². The van der Waals surface area contributed by atoms with Crippen molar-refractivity contribution in [2.24, 2.45) is 11.1 Å². The Hall–Kier alpha value is -1.09. The van der Waals surface area contributed by atoms with Gasteiger partial charge >= 0.3 is 0 Å². The molecule has 0 spiro atoms. The topological polar surface area (TPSA) is 29.3 Å². The summed E-state index contributed by atoms with van der Waals surface area (Å²) in [5, 5.41) is 0. The molecule has 1 aliphatic rings. The first kappa shape index (κ1) is 11.4. The van der Waals surface area contributed by atoms with Crippen molar-refractivity contribution in [3.63, 3.8) is 0 Å². The third kappa shape index (κ3) is 2.05. The maximum Gasteiger partial charge on any atom is 0.146 e. The SMILES string of the molecule is CC1(C)CCN(c2ccccc2F)CC1N. The Morgan fingerprint density at radius 3 is 2.69 bits per heavy atom. The summed E-state index contributed by atoms with van der Waals surface area (Å²) >= 11 is 0. The van der Waals surface area contributed by atoms with Gasteiger partial charge in [0.25, 0.3) is 0 Å². The molecule has 0 saturated carbocycles. The summed E-state index contributed by atoms with van der Waals surface area (Å²) in [4.78, 5) is 2.05. The second kappa shape index (κ2) is 4.06. The lowest BCUT2D eigenvalue weighted by atomic mass is 9.78. The van der Waals surface area contributed by atoms with Gasteiger partial charge in [0.15, 0.2) is 0 Å². The van der Waals surface area contributed by atoms with E-state index in [1.807, 2.05) is 17.0 Å². The lowest BCUT2D eigenvalue weighted by Gasteiger charge is -2.43. The van der Waals surface area contributed by atoms with Crippen LogP contribution >= 0.6 is 0 Å². The minimum atomic E-state index is -0.158. The molecule has 1 saturated heterocycles. The third-order valence-electron chi connectivity index (χ3n) is 3.64. The Balaban J connectivity index is 2.17. The van der Waals surface area contributed by atoms with Gasteiger partial charge in [0.2, 0.25) is 0 Å². The molecular weight excluding hydrogens is 203 g/mol. The molecule has 88 valence electrons. The van der Waals surface area contributed by atoms with Gasteiger partial charge in [-0.25, -0.2) is 4.39 Å². The van der Waals surface area contributed by atoms with Crippen molar-refractivity contribution in [2.75, 3.05) is 18.0 Å². The highest BCUT2D eigenvalue weighted by molar-refractivity contribution is 5.48. The summed E-state index contributed by atoms with van der Waals surface area (Å²) in [6, 6.07) is 7.00. The number of halogens is 1. The maximum absolute atomic E-state index is 13.6. The molecule has 16 heavy (non-hydrogen) atoms. The van der Waals surface area contributed by atoms with Crippen molar-refractivity contribution in [2.45, 2.75) is 26.3 Å². The number of piperidine rings is 1. The van der Waals surface area contributed by atoms with E-state index in [9.17, 15) is 4.39 Å². The van der Waals surface area contributed by atoms with Crippen LogP contribution in [0.1, 0.15) is 20.3 Å². The molecule has 0 aromatic heterocycles. The molecule has 2 rings (SSSR count). The molecule has 1 aliphatic heterocycles. The number of rotatable bonds is 1. The predicted octanol–water partition coefficient (Wildman–Crippen LogP) is 2.39. The average molecular weight is 222 g/mol. The van der Waals surface area contributed by atoms with Gasteiger partial charge in [-0.3, -0.25) is 0 Å². The zero-order valence-corrected chi connectivity index (χ0v) is 9.91. The van der Waals surface area contributed by atoms with Crippen LogP contribution in [0.15, 0.2) is 24.3 Å². The van der Waals surface area contributed by atoms with Gasteiger partial charge in [-0.15, -0.1) is 0 Å². The second-order valence-electron chi connectivity index (χ2n) is 5.24. The number of nitrogens with two attached hydrogens (primary N) is 1. The lowest BCUT2D eigenvalue weighted by Crippen LogP contribution is -2.53. The molecule has 1 aromatic rings. The molecule has 1 heterocycles. The number of hydrogen-bond donors (Lipinski definition) is 1. The number of benzene rings is 1. The summed E-state index contributed by atoms with van der Waals surface area (Å²) in [6.45, 7) is 5.96. The van der Waals surface area contributed by atoms with Gasteiger partial charge < -0.3 is 10.6 Å². The first-order valence-electron chi connectivity index (χ1n) is 5.76. The molecule has 1 aromatic carbocycles. The Bertz CT molecular complexity index is 376. The maximum atomic E-state index is 13.6. The van der Waals surface area contributed by atoms with E-state index >= 15 is 0 Å². The number of hydrogen-bond acceptors (Lipinski definition) is 2. The molecule has 0 amide bonds. The van der Waals surface area contributed by atoms with E-state index < -0.39 is 0 Å². The van der Waals surface area contributed by atoms with Crippen molar-refractivity contribution in [3.8, 4) is 0 Å². The minimum absolute atomic E-state index is 0.0980. The fraction of sp³-hybridized carbons (Fsp3) is 0.538. The van der Waals surface area contributed by atoms with Crippen LogP contribution in [0.3, 0.4) is 0 Å². The summed E-state index contributed by atoms with van der Waals surface area (Å²) in [5.74, 6) is -0.158. The Kier molecular flexibility index (Phi) is 2.89. The standard InChI is InChI=1S/C13H19FN2/c1-13(2)7-8-16(9-12(13)15)11-6-4-3-5-10(11)14/h3-6,12H,7-9,15H2,1-2H3. The smallest absolute Gasteiger partial charge is 0.146 e. The monoisotopic (exact) mass is 222 g/mol. The van der Waals surface area contributed by atoms with Gasteiger partial charge in [-0.05, 0) is 24.0 Å². The van der Waals surface area contributed by atoms with Crippen molar-refractivity contribution in [1.29, 1.82) is 0 Å². The quantitative estimate of drug-likeness (QED) is 0.790. The van der Waals surface area contributed by atoms with Crippen LogP contribution in [0.4, 0.5) is 10.1 Å². The normalized spacial score (nSPS) is 24.5. The van der Waals surface area contributed by atoms with Crippen LogP contribution in [-0.2, 0) is 0 Å². The molecule has 0 radical (unpaired) electrons. The summed E-state index contributed by atoms with van der Waals surface area (Å²) < 4.78 is 13.6. The van der Waals surface area contributed by atoms with E-state index in [1.54, 1.807) is 6.07 Å². The molecule has 2 N–H and O–H groups in total. The Morgan fingerprint density at radius 1 is 1.38 bits per heavy atom. The molecule has 1 fully saturated rings. The molecule has 3 heteroatoms. The van der Waals surface area contributed by atoms with E-state index in [1.165, 1.54) is 6.07 Å². The molecule has 0 bridgehead atoms. The highest BCUT2D eigenvalue weighted by Gasteiger charge is 2.33. The lowest BCUT2D eigenvalue weighted by molar-refractivity contribution is 0.235. The van der Waals surface area contributed by atoms with E-state index in [-0.39, 0.29) is 17.3 Å². The van der Waals surface area contributed by atoms with Crippen LogP contribution in [0.2, 0.25) is 0 Å².